The highest BCUT2D eigenvalue weighted by Gasteiger charge is 2.49. The maximum absolute atomic E-state index is 13.3. The van der Waals surface area contributed by atoms with Gasteiger partial charge in [-0.1, -0.05) is 0 Å². The molecular weight excluding hydrogens is 440 g/mol. The van der Waals surface area contributed by atoms with Crippen molar-refractivity contribution in [3.63, 3.8) is 0 Å². The second-order valence-electron chi connectivity index (χ2n) is 5.97. The summed E-state index contributed by atoms with van der Waals surface area (Å²) >= 11 is 0. The van der Waals surface area contributed by atoms with Crippen LogP contribution < -0.4 is 0 Å². The van der Waals surface area contributed by atoms with Gasteiger partial charge in [-0.25, -0.2) is 0 Å². The first-order valence-corrected chi connectivity index (χ1v) is 7.62. The second kappa shape index (κ2) is 7.52. The fraction of sp³-hybridized carbons (Fsp3) is 0.600. The van der Waals surface area contributed by atoms with Crippen LogP contribution in [0.2, 0.25) is 0 Å². The summed E-state index contributed by atoms with van der Waals surface area (Å²) in [6.45, 7) is -1.59. The lowest BCUT2D eigenvalue weighted by Crippen LogP contribution is -2.33. The van der Waals surface area contributed by atoms with E-state index in [1.165, 1.54) is 0 Å². The van der Waals surface area contributed by atoms with Gasteiger partial charge in [0.05, 0.1) is 36.0 Å². The van der Waals surface area contributed by atoms with Crippen LogP contribution in [0.3, 0.4) is 0 Å². The van der Waals surface area contributed by atoms with Crippen molar-refractivity contribution in [2.24, 2.45) is 0 Å². The van der Waals surface area contributed by atoms with Crippen LogP contribution in [0.1, 0.15) is 34.8 Å². The molecule has 0 aromatic heterocycles. The van der Waals surface area contributed by atoms with E-state index in [-0.39, 0.29) is 0 Å². The van der Waals surface area contributed by atoms with Gasteiger partial charge in [-0.15, -0.1) is 0 Å². The zero-order chi connectivity index (χ0) is 22.4. The normalized spacial score (nSPS) is 22.5. The molecule has 1 aliphatic rings. The summed E-state index contributed by atoms with van der Waals surface area (Å²) in [6.07, 6.45) is -28.9. The molecule has 2 atom stereocenters. The van der Waals surface area contributed by atoms with Crippen LogP contribution in [0, 0.1) is 0 Å². The molecule has 1 aromatic carbocycles. The van der Waals surface area contributed by atoms with Gasteiger partial charge in [0.2, 0.25) is 0 Å². The Kier molecular flexibility index (Phi) is 6.12. The average Bonchev–Trinajstić information content (AvgIpc) is 2.76. The van der Waals surface area contributed by atoms with Crippen LogP contribution >= 0.6 is 0 Å². The van der Waals surface area contributed by atoms with E-state index >= 15 is 0 Å². The maximum Gasteiger partial charge on any atom is 0.416 e. The highest BCUT2D eigenvalue weighted by atomic mass is 19.4. The average molecular weight is 450 g/mol. The molecule has 0 radical (unpaired) electrons. The molecule has 1 saturated heterocycles. The molecule has 2 rings (SSSR count). The fourth-order valence-corrected chi connectivity index (χ4v) is 2.77. The first-order valence-electron chi connectivity index (χ1n) is 7.62. The third-order valence-electron chi connectivity index (χ3n) is 3.95. The minimum atomic E-state index is -5.74. The van der Waals surface area contributed by atoms with Crippen LogP contribution in [-0.4, -0.2) is 25.5 Å². The van der Waals surface area contributed by atoms with E-state index in [2.05, 4.69) is 4.74 Å². The molecule has 14 heteroatoms. The summed E-state index contributed by atoms with van der Waals surface area (Å²) in [6, 6.07) is -1.16. The Morgan fingerprint density at radius 2 is 1.10 bits per heavy atom. The molecule has 0 aliphatic carbocycles. The van der Waals surface area contributed by atoms with Crippen LogP contribution in [-0.2, 0) is 28.0 Å². The van der Waals surface area contributed by atoms with E-state index in [1.807, 2.05) is 0 Å². The molecule has 0 bridgehead atoms. The summed E-state index contributed by atoms with van der Waals surface area (Å²) in [5, 5.41) is 0. The monoisotopic (exact) mass is 450 g/mol. The lowest BCUT2D eigenvalue weighted by atomic mass is 9.90. The zero-order valence-electron chi connectivity index (χ0n) is 13.8. The Hall–Kier alpha value is -1.70. The largest absolute Gasteiger partial charge is 0.416 e. The van der Waals surface area contributed by atoms with Crippen molar-refractivity contribution in [3.8, 4) is 0 Å². The van der Waals surface area contributed by atoms with E-state index in [0.29, 0.717) is 0 Å². The van der Waals surface area contributed by atoms with Crippen molar-refractivity contribution in [2.75, 3.05) is 13.2 Å². The van der Waals surface area contributed by atoms with Gasteiger partial charge in [0.25, 0.3) is 0 Å². The number of hydrogen-bond acceptors (Lipinski definition) is 2. The van der Waals surface area contributed by atoms with Crippen LogP contribution in [0.15, 0.2) is 12.1 Å². The van der Waals surface area contributed by atoms with E-state index in [0.717, 1.165) is 0 Å². The Balaban J connectivity index is 2.77. The predicted octanol–water partition coefficient (Wildman–Crippen LogP) is 6.15. The quantitative estimate of drug-likeness (QED) is 0.478. The first kappa shape index (κ1) is 23.6. The van der Waals surface area contributed by atoms with Crippen molar-refractivity contribution >= 4 is 0 Å². The Bertz CT molecular complexity index is 694. The van der Waals surface area contributed by atoms with Crippen LogP contribution in [0.4, 0.5) is 52.7 Å². The molecule has 0 saturated carbocycles. The van der Waals surface area contributed by atoms with Crippen molar-refractivity contribution < 1.29 is 62.2 Å². The summed E-state index contributed by atoms with van der Waals surface area (Å²) in [4.78, 5) is 0. The number of alkyl halides is 12. The zero-order valence-corrected chi connectivity index (χ0v) is 13.8. The minimum absolute atomic E-state index is 0.581. The van der Waals surface area contributed by atoms with Crippen molar-refractivity contribution in [1.82, 2.24) is 0 Å². The fourth-order valence-electron chi connectivity index (χ4n) is 2.77. The molecular formula is C15H10F12O2. The first-order chi connectivity index (χ1) is 12.9. The molecule has 29 heavy (non-hydrogen) atoms. The maximum atomic E-state index is 13.3. The molecule has 0 amide bonds. The second-order valence-corrected chi connectivity index (χ2v) is 5.97. The lowest BCUT2D eigenvalue weighted by Gasteiger charge is -2.27. The Morgan fingerprint density at radius 3 is 1.48 bits per heavy atom. The Labute approximate surface area is 154 Å². The molecule has 1 aliphatic heterocycles. The van der Waals surface area contributed by atoms with Gasteiger partial charge in [0, 0.05) is 12.0 Å². The summed E-state index contributed by atoms with van der Waals surface area (Å²) in [7, 11) is 0. The van der Waals surface area contributed by atoms with Gasteiger partial charge in [-0.2, -0.15) is 52.7 Å². The highest BCUT2D eigenvalue weighted by Crippen LogP contribution is 2.48. The molecule has 166 valence electrons. The molecule has 2 unspecified atom stereocenters. The van der Waals surface area contributed by atoms with Crippen LogP contribution in [0.25, 0.3) is 0 Å². The summed E-state index contributed by atoms with van der Waals surface area (Å²) in [5.41, 5.74) is -8.86. The molecule has 0 N–H and O–H groups in total. The van der Waals surface area contributed by atoms with Crippen LogP contribution in [0.5, 0.6) is 0 Å². The molecule has 2 nitrogen and oxygen atoms in total. The van der Waals surface area contributed by atoms with E-state index in [9.17, 15) is 52.7 Å². The van der Waals surface area contributed by atoms with Gasteiger partial charge in [-0.3, -0.25) is 0 Å². The smallest absolute Gasteiger partial charge is 0.371 e. The third kappa shape index (κ3) is 5.47. The van der Waals surface area contributed by atoms with Crippen molar-refractivity contribution in [1.29, 1.82) is 0 Å². The number of hydrogen-bond donors (Lipinski definition) is 0. The molecule has 1 fully saturated rings. The predicted molar refractivity (Wildman–Crippen MR) is 70.6 cm³/mol. The van der Waals surface area contributed by atoms with Gasteiger partial charge in [-0.05, 0) is 12.1 Å². The number of benzene rings is 1. The van der Waals surface area contributed by atoms with Gasteiger partial charge in [0.1, 0.15) is 0 Å². The summed E-state index contributed by atoms with van der Waals surface area (Å²) in [5.74, 6) is 0. The van der Waals surface area contributed by atoms with Crippen molar-refractivity contribution in [3.05, 3.63) is 34.4 Å². The topological polar surface area (TPSA) is 18.5 Å². The number of halogens is 12. The minimum Gasteiger partial charge on any atom is -0.371 e. The molecule has 1 heterocycles. The standard InChI is InChI=1S/C15H10F12O2/c16-12(17,18)6-3-7(13(19,20)21)11(8(4-6)14(22,23)24)9-5-10(15(25,26)27)29-2-1-28-9/h3-4,9-10H,1-2,5H2. The SMILES string of the molecule is FC(F)(F)c1cc(C(F)(F)F)c(C2CC(C(F)(F)F)OCCO2)c(C(F)(F)F)c1. The van der Waals surface area contributed by atoms with E-state index in [1.54, 1.807) is 0 Å². The summed E-state index contributed by atoms with van der Waals surface area (Å²) < 4.78 is 166. The van der Waals surface area contributed by atoms with Gasteiger partial charge in [0.15, 0.2) is 6.10 Å². The van der Waals surface area contributed by atoms with Crippen molar-refractivity contribution in [2.45, 2.75) is 43.3 Å². The van der Waals surface area contributed by atoms with Gasteiger partial charge >= 0.3 is 24.7 Å². The molecule has 0 spiro atoms. The number of ether oxygens (including phenoxy) is 2. The Morgan fingerprint density at radius 1 is 0.655 bits per heavy atom. The molecule has 1 aromatic rings. The third-order valence-corrected chi connectivity index (χ3v) is 3.95. The van der Waals surface area contributed by atoms with E-state index < -0.39 is 90.9 Å². The van der Waals surface area contributed by atoms with E-state index in [4.69, 9.17) is 4.74 Å². The lowest BCUT2D eigenvalue weighted by molar-refractivity contribution is -0.220. The number of rotatable bonds is 1. The highest BCUT2D eigenvalue weighted by molar-refractivity contribution is 5.45. The van der Waals surface area contributed by atoms with Gasteiger partial charge < -0.3 is 9.47 Å².